The molecule has 9 nitrogen and oxygen atoms in total. The number of carbonyl (C=O) groups is 3. The highest BCUT2D eigenvalue weighted by Gasteiger charge is 2.26. The average molecular weight is 413 g/mol. The number of rotatable bonds is 7. The Labute approximate surface area is 173 Å². The molecule has 0 fully saturated rings. The van der Waals surface area contributed by atoms with E-state index in [2.05, 4.69) is 5.32 Å². The normalized spacial score (nSPS) is 11.3. The topological polar surface area (TPSA) is 119 Å². The molecule has 0 aliphatic heterocycles. The van der Waals surface area contributed by atoms with Crippen LogP contribution in [0.5, 0.6) is 0 Å². The number of hydrogen-bond acceptors (Lipinski definition) is 6. The molecule has 0 unspecified atom stereocenters. The van der Waals surface area contributed by atoms with E-state index < -0.39 is 28.8 Å². The predicted octanol–water partition coefficient (Wildman–Crippen LogP) is 2.85. The number of amides is 2. The van der Waals surface area contributed by atoms with Crippen molar-refractivity contribution >= 4 is 29.2 Å². The molecular weight excluding hydrogens is 390 g/mol. The maximum absolute atomic E-state index is 12.5. The van der Waals surface area contributed by atoms with Crippen molar-refractivity contribution in [2.75, 3.05) is 18.9 Å². The van der Waals surface area contributed by atoms with E-state index in [0.717, 1.165) is 10.5 Å². The number of ether oxygens (including phenoxy) is 1. The molecule has 2 amide bonds. The molecule has 9 heteroatoms. The van der Waals surface area contributed by atoms with Gasteiger partial charge in [-0.05, 0) is 39.0 Å². The van der Waals surface area contributed by atoms with Gasteiger partial charge in [-0.25, -0.2) is 4.79 Å². The van der Waals surface area contributed by atoms with Crippen molar-refractivity contribution in [3.8, 4) is 0 Å². The van der Waals surface area contributed by atoms with Crippen LogP contribution in [0.1, 0.15) is 28.4 Å². The summed E-state index contributed by atoms with van der Waals surface area (Å²) in [6, 6.07) is 11.2. The molecule has 1 atom stereocenters. The smallest absolute Gasteiger partial charge is 0.339 e. The molecule has 30 heavy (non-hydrogen) atoms. The van der Waals surface area contributed by atoms with Crippen LogP contribution in [0, 0.1) is 24.0 Å². The molecule has 1 N–H and O–H groups in total. The molecule has 2 rings (SSSR count). The first-order valence-corrected chi connectivity index (χ1v) is 9.16. The molecule has 2 aromatic rings. The van der Waals surface area contributed by atoms with Crippen LogP contribution in [0.25, 0.3) is 0 Å². The van der Waals surface area contributed by atoms with E-state index in [1.807, 2.05) is 19.1 Å². The van der Waals surface area contributed by atoms with Gasteiger partial charge in [-0.1, -0.05) is 23.8 Å². The van der Waals surface area contributed by atoms with Gasteiger partial charge < -0.3 is 15.0 Å². The lowest BCUT2D eigenvalue weighted by Crippen LogP contribution is -2.41. The Kier molecular flexibility index (Phi) is 7.24. The molecular formula is C21H23N3O6. The van der Waals surface area contributed by atoms with Crippen molar-refractivity contribution < 1.29 is 24.0 Å². The van der Waals surface area contributed by atoms with E-state index in [9.17, 15) is 24.5 Å². The van der Waals surface area contributed by atoms with Gasteiger partial charge in [0.1, 0.15) is 0 Å². The molecule has 0 aliphatic rings. The Balaban J connectivity index is 1.97. The van der Waals surface area contributed by atoms with E-state index in [-0.39, 0.29) is 23.4 Å². The van der Waals surface area contributed by atoms with Crippen molar-refractivity contribution in [1.82, 2.24) is 4.90 Å². The third kappa shape index (κ3) is 5.63. The van der Waals surface area contributed by atoms with Crippen molar-refractivity contribution in [2.24, 2.45) is 0 Å². The number of nitrogens with one attached hydrogen (secondary N) is 1. The number of esters is 1. The van der Waals surface area contributed by atoms with Crippen LogP contribution in [0.2, 0.25) is 0 Å². The third-order valence-corrected chi connectivity index (χ3v) is 4.45. The lowest BCUT2D eigenvalue weighted by molar-refractivity contribution is -0.385. The highest BCUT2D eigenvalue weighted by Crippen LogP contribution is 2.22. The number of benzene rings is 2. The number of aryl methyl sites for hydroxylation is 1. The van der Waals surface area contributed by atoms with Crippen LogP contribution in [-0.2, 0) is 14.3 Å². The maximum atomic E-state index is 12.5. The summed E-state index contributed by atoms with van der Waals surface area (Å²) in [5.41, 5.74) is 1.59. The first kappa shape index (κ1) is 22.5. The van der Waals surface area contributed by atoms with Gasteiger partial charge in [-0.15, -0.1) is 0 Å². The average Bonchev–Trinajstić information content (AvgIpc) is 2.68. The zero-order valence-electron chi connectivity index (χ0n) is 17.2. The van der Waals surface area contributed by atoms with E-state index >= 15 is 0 Å². The maximum Gasteiger partial charge on any atom is 0.339 e. The van der Waals surface area contributed by atoms with Crippen LogP contribution in [-0.4, -0.2) is 47.3 Å². The summed E-state index contributed by atoms with van der Waals surface area (Å²) in [6.45, 7) is 4.50. The van der Waals surface area contributed by atoms with Crippen LogP contribution in [0.4, 0.5) is 11.4 Å². The molecule has 0 aliphatic carbocycles. The summed E-state index contributed by atoms with van der Waals surface area (Å²) >= 11 is 0. The first-order chi connectivity index (χ1) is 14.1. The van der Waals surface area contributed by atoms with Gasteiger partial charge in [0.2, 0.25) is 5.91 Å². The van der Waals surface area contributed by atoms with Gasteiger partial charge >= 0.3 is 5.97 Å². The van der Waals surface area contributed by atoms with Crippen molar-refractivity contribution in [3.63, 3.8) is 0 Å². The number of carbonyl (C=O) groups excluding carboxylic acids is 3. The number of hydrogen-bond donors (Lipinski definition) is 1. The van der Waals surface area contributed by atoms with Gasteiger partial charge in [-0.3, -0.25) is 19.7 Å². The zero-order valence-corrected chi connectivity index (χ0v) is 17.2. The van der Waals surface area contributed by atoms with E-state index in [1.54, 1.807) is 12.1 Å². The minimum absolute atomic E-state index is 0.00335. The third-order valence-electron chi connectivity index (χ3n) is 4.45. The monoisotopic (exact) mass is 413 g/mol. The molecule has 158 valence electrons. The standard InChI is InChI=1S/C21H23N3O6/c1-13-8-10-16(11-9-13)22-19(25)12-23(4)20(26)15(3)30-21(27)17-6-5-7-18(14(17)2)24(28)29/h5-11,15H,12H2,1-4H3,(H,22,25)/t15-/m1/s1. The molecule has 0 aromatic heterocycles. The quantitative estimate of drug-likeness (QED) is 0.423. The first-order valence-electron chi connectivity index (χ1n) is 9.16. The number of likely N-dealkylation sites (N-methyl/N-ethyl adjacent to an activating group) is 1. The summed E-state index contributed by atoms with van der Waals surface area (Å²) in [5, 5.41) is 13.7. The minimum Gasteiger partial charge on any atom is -0.449 e. The van der Waals surface area contributed by atoms with Crippen molar-refractivity contribution in [1.29, 1.82) is 0 Å². The highest BCUT2D eigenvalue weighted by molar-refractivity contribution is 5.97. The summed E-state index contributed by atoms with van der Waals surface area (Å²) in [5.74, 6) is -1.83. The fourth-order valence-electron chi connectivity index (χ4n) is 2.76. The number of anilines is 1. The van der Waals surface area contributed by atoms with Crippen LogP contribution >= 0.6 is 0 Å². The lowest BCUT2D eigenvalue weighted by atomic mass is 10.1. The van der Waals surface area contributed by atoms with Crippen LogP contribution in [0.3, 0.4) is 0 Å². The largest absolute Gasteiger partial charge is 0.449 e. The molecule has 0 heterocycles. The summed E-state index contributed by atoms with van der Waals surface area (Å²) in [7, 11) is 1.42. The van der Waals surface area contributed by atoms with Gasteiger partial charge in [0.15, 0.2) is 6.10 Å². The van der Waals surface area contributed by atoms with Crippen LogP contribution < -0.4 is 5.32 Å². The lowest BCUT2D eigenvalue weighted by Gasteiger charge is -2.21. The highest BCUT2D eigenvalue weighted by atomic mass is 16.6. The Morgan fingerprint density at radius 1 is 1.13 bits per heavy atom. The molecule has 0 saturated carbocycles. The molecule has 2 aromatic carbocycles. The Morgan fingerprint density at radius 3 is 2.37 bits per heavy atom. The minimum atomic E-state index is -1.17. The van der Waals surface area contributed by atoms with E-state index in [4.69, 9.17) is 4.74 Å². The van der Waals surface area contributed by atoms with Gasteiger partial charge in [0.05, 0.1) is 17.0 Å². The molecule has 0 spiro atoms. The zero-order chi connectivity index (χ0) is 22.4. The molecule has 0 saturated heterocycles. The van der Waals surface area contributed by atoms with E-state index in [0.29, 0.717) is 5.69 Å². The Hall–Kier alpha value is -3.75. The van der Waals surface area contributed by atoms with Gasteiger partial charge in [-0.2, -0.15) is 0 Å². The fraction of sp³-hybridized carbons (Fsp3) is 0.286. The molecule has 0 bridgehead atoms. The second-order valence-electron chi connectivity index (χ2n) is 6.86. The van der Waals surface area contributed by atoms with Crippen molar-refractivity contribution in [2.45, 2.75) is 26.9 Å². The number of nitro groups is 1. The Bertz CT molecular complexity index is 971. The summed E-state index contributed by atoms with van der Waals surface area (Å²) in [4.78, 5) is 48.6. The van der Waals surface area contributed by atoms with E-state index in [1.165, 1.54) is 39.1 Å². The summed E-state index contributed by atoms with van der Waals surface area (Å²) < 4.78 is 5.16. The Morgan fingerprint density at radius 2 is 1.77 bits per heavy atom. The predicted molar refractivity (Wildman–Crippen MR) is 110 cm³/mol. The second-order valence-corrected chi connectivity index (χ2v) is 6.86. The number of nitrogens with zero attached hydrogens (tertiary/aromatic N) is 2. The SMILES string of the molecule is Cc1ccc(NC(=O)CN(C)C(=O)[C@@H](C)OC(=O)c2cccc([N+](=O)[O-])c2C)cc1. The fourth-order valence-corrected chi connectivity index (χ4v) is 2.76. The van der Waals surface area contributed by atoms with Gasteiger partial charge in [0.25, 0.3) is 11.6 Å². The van der Waals surface area contributed by atoms with Crippen molar-refractivity contribution in [3.05, 3.63) is 69.3 Å². The van der Waals surface area contributed by atoms with Gasteiger partial charge in [0, 0.05) is 24.4 Å². The summed E-state index contributed by atoms with van der Waals surface area (Å²) in [6.07, 6.45) is -1.17. The second kappa shape index (κ2) is 9.64. The van der Waals surface area contributed by atoms with Crippen LogP contribution in [0.15, 0.2) is 42.5 Å². The number of nitro benzene ring substituents is 1. The molecule has 0 radical (unpaired) electrons.